The second-order valence-electron chi connectivity index (χ2n) is 6.01. The molecule has 0 aromatic heterocycles. The van der Waals surface area contributed by atoms with Crippen LogP contribution in [0.1, 0.15) is 11.1 Å². The molecule has 1 saturated heterocycles. The van der Waals surface area contributed by atoms with E-state index in [1.807, 2.05) is 24.3 Å². The first-order chi connectivity index (χ1) is 13.5. The van der Waals surface area contributed by atoms with Gasteiger partial charge in [-0.15, -0.1) is 6.58 Å². The van der Waals surface area contributed by atoms with Crippen LogP contribution in [-0.4, -0.2) is 28.4 Å². The van der Waals surface area contributed by atoms with Crippen molar-refractivity contribution < 1.29 is 14.3 Å². The third-order valence-corrected chi connectivity index (χ3v) is 4.58. The Kier molecular flexibility index (Phi) is 6.23. The molecule has 1 aliphatic heterocycles. The first-order valence-electron chi connectivity index (χ1n) is 8.45. The molecular formula is C21H17ClN2O3S. The van der Waals surface area contributed by atoms with Gasteiger partial charge >= 0.3 is 0 Å². The lowest BCUT2D eigenvalue weighted by molar-refractivity contribution is -0.128. The molecule has 0 bridgehead atoms. The number of hydrogen-bond acceptors (Lipinski definition) is 4. The maximum absolute atomic E-state index is 12.5. The number of halogens is 1. The van der Waals surface area contributed by atoms with E-state index in [9.17, 15) is 9.59 Å². The summed E-state index contributed by atoms with van der Waals surface area (Å²) in [7, 11) is 0. The van der Waals surface area contributed by atoms with Crippen molar-refractivity contribution in [3.05, 3.63) is 82.9 Å². The zero-order valence-corrected chi connectivity index (χ0v) is 16.4. The normalized spacial score (nSPS) is 15.5. The highest BCUT2D eigenvalue weighted by Gasteiger charge is 2.32. The highest BCUT2D eigenvalue weighted by molar-refractivity contribution is 7.80. The SMILES string of the molecule is C=CCN1C(=O)/C(=C\c2ccc(OCc3ccc(Cl)cc3)cc2)C(=O)NC1=S. The molecule has 5 nitrogen and oxygen atoms in total. The van der Waals surface area contributed by atoms with Gasteiger partial charge in [0.05, 0.1) is 0 Å². The molecule has 1 aliphatic rings. The summed E-state index contributed by atoms with van der Waals surface area (Å²) in [6.45, 7) is 4.24. The molecule has 0 saturated carbocycles. The maximum Gasteiger partial charge on any atom is 0.265 e. The van der Waals surface area contributed by atoms with Gasteiger partial charge in [0, 0.05) is 11.6 Å². The van der Waals surface area contributed by atoms with Crippen molar-refractivity contribution in [1.29, 1.82) is 0 Å². The molecular weight excluding hydrogens is 396 g/mol. The molecule has 0 radical (unpaired) electrons. The van der Waals surface area contributed by atoms with E-state index in [1.54, 1.807) is 30.3 Å². The Morgan fingerprint density at radius 1 is 1.11 bits per heavy atom. The Morgan fingerprint density at radius 3 is 2.43 bits per heavy atom. The average Bonchev–Trinajstić information content (AvgIpc) is 2.69. The summed E-state index contributed by atoms with van der Waals surface area (Å²) < 4.78 is 5.74. The van der Waals surface area contributed by atoms with E-state index < -0.39 is 11.8 Å². The van der Waals surface area contributed by atoms with E-state index in [2.05, 4.69) is 11.9 Å². The summed E-state index contributed by atoms with van der Waals surface area (Å²) in [6, 6.07) is 14.5. The van der Waals surface area contributed by atoms with E-state index in [-0.39, 0.29) is 17.2 Å². The minimum atomic E-state index is -0.515. The van der Waals surface area contributed by atoms with Gasteiger partial charge in [-0.3, -0.25) is 19.8 Å². The van der Waals surface area contributed by atoms with Gasteiger partial charge in [-0.2, -0.15) is 0 Å². The number of nitrogens with one attached hydrogen (secondary N) is 1. The average molecular weight is 413 g/mol. The molecule has 1 fully saturated rings. The Balaban J connectivity index is 1.70. The van der Waals surface area contributed by atoms with Crippen LogP contribution in [0.4, 0.5) is 0 Å². The molecule has 2 aromatic carbocycles. The fourth-order valence-corrected chi connectivity index (χ4v) is 2.94. The number of rotatable bonds is 6. The van der Waals surface area contributed by atoms with Gasteiger partial charge in [-0.1, -0.05) is 41.9 Å². The number of amides is 2. The van der Waals surface area contributed by atoms with Crippen molar-refractivity contribution in [2.24, 2.45) is 0 Å². The number of benzene rings is 2. The van der Waals surface area contributed by atoms with Crippen LogP contribution in [0.2, 0.25) is 5.02 Å². The predicted molar refractivity (Wildman–Crippen MR) is 113 cm³/mol. The van der Waals surface area contributed by atoms with Crippen molar-refractivity contribution in [1.82, 2.24) is 10.2 Å². The van der Waals surface area contributed by atoms with Gasteiger partial charge in [0.25, 0.3) is 11.8 Å². The number of nitrogens with zero attached hydrogens (tertiary/aromatic N) is 1. The summed E-state index contributed by atoms with van der Waals surface area (Å²) in [6.07, 6.45) is 3.07. The Labute approximate surface area is 173 Å². The summed E-state index contributed by atoms with van der Waals surface area (Å²) in [5.41, 5.74) is 1.72. The quantitative estimate of drug-likeness (QED) is 0.340. The Bertz CT molecular complexity index is 953. The van der Waals surface area contributed by atoms with Gasteiger partial charge in [0.1, 0.15) is 17.9 Å². The highest BCUT2D eigenvalue weighted by Crippen LogP contribution is 2.19. The topological polar surface area (TPSA) is 58.6 Å². The maximum atomic E-state index is 12.5. The van der Waals surface area contributed by atoms with Crippen molar-refractivity contribution in [3.8, 4) is 5.75 Å². The third kappa shape index (κ3) is 4.65. The molecule has 7 heteroatoms. The van der Waals surface area contributed by atoms with E-state index in [1.165, 1.54) is 11.0 Å². The van der Waals surface area contributed by atoms with E-state index >= 15 is 0 Å². The molecule has 2 amide bonds. The summed E-state index contributed by atoms with van der Waals surface area (Å²) >= 11 is 10.9. The van der Waals surface area contributed by atoms with Crippen LogP contribution in [0, 0.1) is 0 Å². The first-order valence-corrected chi connectivity index (χ1v) is 9.23. The van der Waals surface area contributed by atoms with Gasteiger partial charge in [0.2, 0.25) is 0 Å². The smallest absolute Gasteiger partial charge is 0.265 e. The van der Waals surface area contributed by atoms with E-state index in [0.717, 1.165) is 5.56 Å². The molecule has 3 rings (SSSR count). The molecule has 28 heavy (non-hydrogen) atoms. The standard InChI is InChI=1S/C21H17ClN2O3S/c1-2-11-24-20(26)18(19(25)23-21(24)28)12-14-5-9-17(10-6-14)27-13-15-3-7-16(22)8-4-15/h2-10,12H,1,11,13H2,(H,23,25,28)/b18-12-. The summed E-state index contributed by atoms with van der Waals surface area (Å²) in [4.78, 5) is 26.0. The van der Waals surface area contributed by atoms with Crippen molar-refractivity contribution in [2.75, 3.05) is 6.54 Å². The lowest BCUT2D eigenvalue weighted by Gasteiger charge is -2.27. The van der Waals surface area contributed by atoms with Gasteiger partial charge in [-0.25, -0.2) is 0 Å². The molecule has 142 valence electrons. The second-order valence-corrected chi connectivity index (χ2v) is 6.83. The van der Waals surface area contributed by atoms with Crippen LogP contribution in [0.3, 0.4) is 0 Å². The molecule has 2 aromatic rings. The van der Waals surface area contributed by atoms with Crippen molar-refractivity contribution in [3.63, 3.8) is 0 Å². The fourth-order valence-electron chi connectivity index (χ4n) is 2.56. The zero-order chi connectivity index (χ0) is 20.1. The van der Waals surface area contributed by atoms with Crippen LogP contribution in [0.25, 0.3) is 6.08 Å². The minimum absolute atomic E-state index is 0.0188. The monoisotopic (exact) mass is 412 g/mol. The number of carbonyl (C=O) groups excluding carboxylic acids is 2. The molecule has 0 unspecified atom stereocenters. The predicted octanol–water partition coefficient (Wildman–Crippen LogP) is 3.73. The van der Waals surface area contributed by atoms with Crippen LogP contribution in [0.5, 0.6) is 5.75 Å². The van der Waals surface area contributed by atoms with Crippen LogP contribution in [0.15, 0.2) is 66.8 Å². The third-order valence-electron chi connectivity index (χ3n) is 4.01. The number of hydrogen-bond donors (Lipinski definition) is 1. The van der Waals surface area contributed by atoms with E-state index in [4.69, 9.17) is 28.6 Å². The molecule has 0 aliphatic carbocycles. The Hall–Kier alpha value is -2.96. The van der Waals surface area contributed by atoms with Gasteiger partial charge in [-0.05, 0) is 53.7 Å². The number of carbonyl (C=O) groups is 2. The highest BCUT2D eigenvalue weighted by atomic mass is 35.5. The summed E-state index contributed by atoms with van der Waals surface area (Å²) in [5, 5.41) is 3.27. The molecule has 0 spiro atoms. The van der Waals surface area contributed by atoms with Gasteiger partial charge in [0.15, 0.2) is 5.11 Å². The minimum Gasteiger partial charge on any atom is -0.489 e. The number of ether oxygens (including phenoxy) is 1. The largest absolute Gasteiger partial charge is 0.489 e. The van der Waals surface area contributed by atoms with Gasteiger partial charge < -0.3 is 4.74 Å². The first kappa shape index (κ1) is 19.8. The molecule has 0 atom stereocenters. The summed E-state index contributed by atoms with van der Waals surface area (Å²) in [5.74, 6) is -0.291. The second kappa shape index (κ2) is 8.82. The van der Waals surface area contributed by atoms with Crippen molar-refractivity contribution >= 4 is 46.8 Å². The molecule has 1 heterocycles. The lowest BCUT2D eigenvalue weighted by atomic mass is 10.1. The van der Waals surface area contributed by atoms with E-state index in [0.29, 0.717) is 22.9 Å². The Morgan fingerprint density at radius 2 is 1.79 bits per heavy atom. The van der Waals surface area contributed by atoms with Crippen LogP contribution < -0.4 is 10.1 Å². The lowest BCUT2D eigenvalue weighted by Crippen LogP contribution is -2.53. The van der Waals surface area contributed by atoms with Crippen LogP contribution >= 0.6 is 23.8 Å². The fraction of sp³-hybridized carbons (Fsp3) is 0.0952. The van der Waals surface area contributed by atoms with Crippen LogP contribution in [-0.2, 0) is 16.2 Å². The van der Waals surface area contributed by atoms with Crippen molar-refractivity contribution in [2.45, 2.75) is 6.61 Å². The number of thiocarbonyl (C=S) groups is 1. The zero-order valence-electron chi connectivity index (χ0n) is 14.9. The molecule has 1 N–H and O–H groups in total.